The molecule has 0 spiro atoms. The smallest absolute Gasteiger partial charge is 0.328 e. The second-order valence-corrected chi connectivity index (χ2v) is 5.36. The molecular formula is C17H24N2O4. The van der Waals surface area contributed by atoms with E-state index >= 15 is 0 Å². The lowest BCUT2D eigenvalue weighted by Gasteiger charge is -2.10. The number of hydrogen-bond donors (Lipinski definition) is 3. The van der Waals surface area contributed by atoms with Crippen LogP contribution in [-0.4, -0.2) is 26.7 Å². The number of aromatic nitrogens is 1. The van der Waals surface area contributed by atoms with E-state index in [9.17, 15) is 9.59 Å². The molecule has 0 amide bonds. The zero-order valence-corrected chi connectivity index (χ0v) is 13.7. The number of rotatable bonds is 4. The van der Waals surface area contributed by atoms with Gasteiger partial charge in [-0.15, -0.1) is 0 Å². The summed E-state index contributed by atoms with van der Waals surface area (Å²) in [6.07, 6.45) is 1.12. The van der Waals surface area contributed by atoms with Crippen molar-refractivity contribution in [2.75, 3.05) is 0 Å². The number of carboxylic acids is 2. The number of aliphatic carboxylic acids is 2. The van der Waals surface area contributed by atoms with Crippen molar-refractivity contribution in [3.63, 3.8) is 0 Å². The lowest BCUT2D eigenvalue weighted by molar-refractivity contribution is -0.134. The van der Waals surface area contributed by atoms with Crippen LogP contribution in [0, 0.1) is 12.8 Å². The molecule has 0 bridgehead atoms. The van der Waals surface area contributed by atoms with E-state index in [1.807, 2.05) is 0 Å². The van der Waals surface area contributed by atoms with Crippen LogP contribution in [0.1, 0.15) is 19.5 Å². The number of carboxylic acid groups (broad SMARTS) is 2. The molecule has 0 fully saturated rings. The molecule has 1 aromatic carbocycles. The van der Waals surface area contributed by atoms with Crippen molar-refractivity contribution in [1.82, 2.24) is 10.7 Å². The van der Waals surface area contributed by atoms with Crippen LogP contribution in [0.5, 0.6) is 0 Å². The molecule has 126 valence electrons. The average Bonchev–Trinajstić information content (AvgIpc) is 2.73. The van der Waals surface area contributed by atoms with Crippen LogP contribution in [0.25, 0.3) is 10.9 Å². The Morgan fingerprint density at radius 1 is 1.13 bits per heavy atom. The van der Waals surface area contributed by atoms with Crippen molar-refractivity contribution in [1.29, 1.82) is 0 Å². The summed E-state index contributed by atoms with van der Waals surface area (Å²) >= 11 is 0. The highest BCUT2D eigenvalue weighted by Crippen LogP contribution is 2.20. The zero-order valence-electron chi connectivity index (χ0n) is 13.7. The first-order valence-electron chi connectivity index (χ1n) is 7.00. The van der Waals surface area contributed by atoms with Gasteiger partial charge in [-0.1, -0.05) is 32.0 Å². The van der Waals surface area contributed by atoms with E-state index in [0.29, 0.717) is 18.1 Å². The Labute approximate surface area is 135 Å². The molecule has 2 rings (SSSR count). The van der Waals surface area contributed by atoms with E-state index in [0.717, 1.165) is 6.54 Å². The molecule has 1 aromatic heterocycles. The maximum atomic E-state index is 9.55. The summed E-state index contributed by atoms with van der Waals surface area (Å²) in [7, 11) is 0. The molecule has 23 heavy (non-hydrogen) atoms. The predicted octanol–water partition coefficient (Wildman–Crippen LogP) is 3.48. The van der Waals surface area contributed by atoms with E-state index in [1.54, 1.807) is 0 Å². The lowest BCUT2D eigenvalue weighted by atomic mass is 10.2. The zero-order chi connectivity index (χ0) is 16.7. The summed E-state index contributed by atoms with van der Waals surface area (Å²) in [4.78, 5) is 19.1. The van der Waals surface area contributed by atoms with Crippen LogP contribution in [0.4, 0.5) is 0 Å². The molecule has 5 N–H and O–H groups in total. The summed E-state index contributed by atoms with van der Waals surface area (Å²) in [5, 5.41) is 17.0. The van der Waals surface area contributed by atoms with E-state index in [1.165, 1.54) is 16.6 Å². The van der Waals surface area contributed by atoms with Crippen LogP contribution in [-0.2, 0) is 16.1 Å². The Morgan fingerprint density at radius 3 is 2.13 bits per heavy atom. The summed E-state index contributed by atoms with van der Waals surface area (Å²) in [5.41, 5.74) is 2.72. The van der Waals surface area contributed by atoms with Gasteiger partial charge in [-0.25, -0.2) is 9.59 Å². The minimum Gasteiger partial charge on any atom is -0.478 e. The normalized spacial score (nSPS) is 10.3. The van der Waals surface area contributed by atoms with Gasteiger partial charge in [-0.2, -0.15) is 0 Å². The van der Waals surface area contributed by atoms with Gasteiger partial charge in [0.2, 0.25) is 0 Å². The summed E-state index contributed by atoms with van der Waals surface area (Å²) in [6.45, 7) is 7.81. The summed E-state index contributed by atoms with van der Waals surface area (Å²) in [5.74, 6) is -1.82. The van der Waals surface area contributed by atoms with Gasteiger partial charge in [0.05, 0.1) is 0 Å². The monoisotopic (exact) mass is 320 g/mol. The van der Waals surface area contributed by atoms with Gasteiger partial charge in [0.25, 0.3) is 0 Å². The predicted molar refractivity (Wildman–Crippen MR) is 90.9 cm³/mol. The maximum absolute atomic E-state index is 9.55. The summed E-state index contributed by atoms with van der Waals surface area (Å²) in [6, 6.07) is 10.8. The van der Waals surface area contributed by atoms with E-state index in [2.05, 4.69) is 55.7 Å². The van der Waals surface area contributed by atoms with Crippen LogP contribution >= 0.6 is 0 Å². The molecule has 0 saturated carbocycles. The molecule has 0 saturated heterocycles. The van der Waals surface area contributed by atoms with Gasteiger partial charge < -0.3 is 20.9 Å². The van der Waals surface area contributed by atoms with Crippen molar-refractivity contribution in [3.8, 4) is 0 Å². The second kappa shape index (κ2) is 9.42. The molecule has 1 heterocycles. The van der Waals surface area contributed by atoms with Crippen LogP contribution in [0.15, 0.2) is 42.5 Å². The highest BCUT2D eigenvalue weighted by atomic mass is 16.4. The third-order valence-electron chi connectivity index (χ3n) is 2.93. The van der Waals surface area contributed by atoms with E-state index in [4.69, 9.17) is 10.2 Å². The van der Waals surface area contributed by atoms with Crippen molar-refractivity contribution < 1.29 is 19.8 Å². The van der Waals surface area contributed by atoms with Gasteiger partial charge in [-0.05, 0) is 30.4 Å². The quantitative estimate of drug-likeness (QED) is 0.746. The molecule has 0 aliphatic carbocycles. The Hall–Kier alpha value is -2.60. The van der Waals surface area contributed by atoms with Crippen LogP contribution in [0.3, 0.4) is 0 Å². The minimum atomic E-state index is -1.26. The SMILES string of the molecule is Cc1cc2ccccc2n1CC(C)C.N.O=C(O)/C=C/C(=O)O. The van der Waals surface area contributed by atoms with E-state index < -0.39 is 11.9 Å². The highest BCUT2D eigenvalue weighted by molar-refractivity contribution is 5.89. The van der Waals surface area contributed by atoms with E-state index in [-0.39, 0.29) is 6.15 Å². The number of para-hydroxylation sites is 1. The third-order valence-corrected chi connectivity index (χ3v) is 2.93. The molecular weight excluding hydrogens is 296 g/mol. The summed E-state index contributed by atoms with van der Waals surface area (Å²) < 4.78 is 2.40. The highest BCUT2D eigenvalue weighted by Gasteiger charge is 2.05. The maximum Gasteiger partial charge on any atom is 0.328 e. The first kappa shape index (κ1) is 20.4. The third kappa shape index (κ3) is 6.80. The fourth-order valence-electron chi connectivity index (χ4n) is 2.10. The van der Waals surface area contributed by atoms with Crippen molar-refractivity contribution >= 4 is 22.8 Å². The Bertz CT molecular complexity index is 671. The molecule has 0 radical (unpaired) electrons. The number of carbonyl (C=O) groups is 2. The van der Waals surface area contributed by atoms with Gasteiger partial charge >= 0.3 is 11.9 Å². The van der Waals surface area contributed by atoms with Crippen molar-refractivity contribution in [2.24, 2.45) is 5.92 Å². The van der Waals surface area contributed by atoms with Crippen LogP contribution < -0.4 is 6.15 Å². The van der Waals surface area contributed by atoms with Gasteiger partial charge in [0, 0.05) is 29.9 Å². The minimum absolute atomic E-state index is 0. The van der Waals surface area contributed by atoms with Crippen molar-refractivity contribution in [2.45, 2.75) is 27.3 Å². The van der Waals surface area contributed by atoms with Gasteiger partial charge in [-0.3, -0.25) is 0 Å². The number of aryl methyl sites for hydroxylation is 1. The molecule has 0 atom stereocenters. The topological polar surface area (TPSA) is 115 Å². The Kier molecular flexibility index (Phi) is 8.36. The number of nitrogens with zero attached hydrogens (tertiary/aromatic N) is 1. The Morgan fingerprint density at radius 2 is 1.65 bits per heavy atom. The largest absolute Gasteiger partial charge is 0.478 e. The molecule has 6 heteroatoms. The Balaban J connectivity index is 0.000000469. The van der Waals surface area contributed by atoms with Gasteiger partial charge in [0.1, 0.15) is 0 Å². The molecule has 0 unspecified atom stereocenters. The van der Waals surface area contributed by atoms with Gasteiger partial charge in [0.15, 0.2) is 0 Å². The second-order valence-electron chi connectivity index (χ2n) is 5.36. The molecule has 0 aliphatic rings. The van der Waals surface area contributed by atoms with Crippen LogP contribution in [0.2, 0.25) is 0 Å². The fourth-order valence-corrected chi connectivity index (χ4v) is 2.10. The first-order valence-corrected chi connectivity index (χ1v) is 7.00. The van der Waals surface area contributed by atoms with Crippen molar-refractivity contribution in [3.05, 3.63) is 48.2 Å². The first-order chi connectivity index (χ1) is 10.3. The fraction of sp³-hybridized carbons (Fsp3) is 0.294. The lowest BCUT2D eigenvalue weighted by Crippen LogP contribution is -2.05. The number of fused-ring (bicyclic) bond motifs is 1. The number of benzene rings is 1. The molecule has 2 aromatic rings. The molecule has 0 aliphatic heterocycles. The standard InChI is InChI=1S/C13H17N.C4H4O4.H3N/c1-10(2)9-14-11(3)8-12-6-4-5-7-13(12)14;5-3(6)1-2-4(7)8;/h4-8,10H,9H2,1-3H3;1-2H,(H,5,6)(H,7,8);1H3/b;2-1+;. The number of hydrogen-bond acceptors (Lipinski definition) is 3. The average molecular weight is 320 g/mol. The molecule has 6 nitrogen and oxygen atoms in total.